The van der Waals surface area contributed by atoms with Gasteiger partial charge in [0.2, 0.25) is 0 Å². The maximum Gasteiger partial charge on any atom is 0.255 e. The van der Waals surface area contributed by atoms with E-state index in [1.54, 1.807) is 24.4 Å². The van der Waals surface area contributed by atoms with Crippen molar-refractivity contribution in [1.29, 1.82) is 5.26 Å². The maximum absolute atomic E-state index is 13.0. The molecule has 0 aliphatic heterocycles. The van der Waals surface area contributed by atoms with E-state index < -0.39 is 9.92 Å². The molecular weight excluding hydrogens is 522 g/mol. The first-order valence-corrected chi connectivity index (χ1v) is 15.0. The van der Waals surface area contributed by atoms with Gasteiger partial charge in [-0.25, -0.2) is 13.7 Å². The summed E-state index contributed by atoms with van der Waals surface area (Å²) in [6.45, 7) is 0. The highest BCUT2D eigenvalue weighted by molar-refractivity contribution is 7.90. The summed E-state index contributed by atoms with van der Waals surface area (Å²) < 4.78 is 16.2. The zero-order valence-corrected chi connectivity index (χ0v) is 22.7. The maximum atomic E-state index is 13.0. The third-order valence-electron chi connectivity index (χ3n) is 7.80. The summed E-state index contributed by atoms with van der Waals surface area (Å²) in [5.74, 6) is 0.125. The second-order valence-electron chi connectivity index (χ2n) is 10.6. The van der Waals surface area contributed by atoms with Gasteiger partial charge in [0.05, 0.1) is 23.2 Å². The van der Waals surface area contributed by atoms with E-state index in [2.05, 4.69) is 31.4 Å². The quantitative estimate of drug-likeness (QED) is 0.242. The lowest BCUT2D eigenvalue weighted by Gasteiger charge is -2.62. The number of nitriles is 1. The Balaban J connectivity index is 1.11. The molecule has 5 N–H and O–H groups in total. The van der Waals surface area contributed by atoms with Crippen LogP contribution in [0, 0.1) is 17.2 Å². The van der Waals surface area contributed by atoms with Gasteiger partial charge in [0, 0.05) is 57.6 Å². The highest BCUT2D eigenvalue weighted by atomic mass is 32.2. The minimum absolute atomic E-state index is 0.0383. The zero-order valence-electron chi connectivity index (χ0n) is 21.9. The fourth-order valence-corrected chi connectivity index (χ4v) is 6.52. The van der Waals surface area contributed by atoms with Gasteiger partial charge in [0.25, 0.3) is 5.91 Å². The molecule has 1 aromatic heterocycles. The molecule has 0 bridgehead atoms. The van der Waals surface area contributed by atoms with Crippen molar-refractivity contribution in [2.75, 3.05) is 22.2 Å². The number of rotatable bonds is 7. The van der Waals surface area contributed by atoms with Crippen molar-refractivity contribution in [2.24, 2.45) is 15.4 Å². The van der Waals surface area contributed by atoms with Gasteiger partial charge in [-0.05, 0) is 86.0 Å². The van der Waals surface area contributed by atoms with E-state index in [0.29, 0.717) is 22.7 Å². The monoisotopic (exact) mass is 551 g/mol. The van der Waals surface area contributed by atoms with E-state index in [9.17, 15) is 14.3 Å². The highest BCUT2D eigenvalue weighted by Gasteiger charge is 2.60. The van der Waals surface area contributed by atoms with E-state index >= 15 is 0 Å². The van der Waals surface area contributed by atoms with Crippen LogP contribution in [0.25, 0.3) is 10.9 Å². The molecule has 2 fully saturated rings. The summed E-state index contributed by atoms with van der Waals surface area (Å²) in [4.78, 5) is 17.4. The number of pyridine rings is 1. The Labute approximate surface area is 233 Å². The van der Waals surface area contributed by atoms with Gasteiger partial charge in [-0.15, -0.1) is 0 Å². The molecule has 1 heterocycles. The molecule has 2 aliphatic rings. The molecule has 0 radical (unpaired) electrons. The third-order valence-corrected chi connectivity index (χ3v) is 8.49. The average molecular weight is 552 g/mol. The SMILES string of the molecule is CS(N)(=O)=NC1CC2(Nc3cccc(NC(=O)c4ccc(Nc5ccnc6ccc(C#N)cc56)cc4)c3)CCC12. The Morgan fingerprint density at radius 2 is 1.90 bits per heavy atom. The second-order valence-corrected chi connectivity index (χ2v) is 12.5. The number of amides is 1. The van der Waals surface area contributed by atoms with Crippen molar-refractivity contribution >= 4 is 49.5 Å². The van der Waals surface area contributed by atoms with Gasteiger partial charge >= 0.3 is 0 Å². The molecule has 1 amide bonds. The van der Waals surface area contributed by atoms with E-state index in [4.69, 9.17) is 5.14 Å². The van der Waals surface area contributed by atoms with Gasteiger partial charge < -0.3 is 16.0 Å². The molecule has 202 valence electrons. The van der Waals surface area contributed by atoms with Crippen molar-refractivity contribution in [2.45, 2.75) is 30.8 Å². The Bertz CT molecular complexity index is 1780. The summed E-state index contributed by atoms with van der Waals surface area (Å²) >= 11 is 0. The number of carbonyl (C=O) groups excluding carboxylic acids is 1. The highest BCUT2D eigenvalue weighted by Crippen LogP contribution is 2.57. The van der Waals surface area contributed by atoms with E-state index in [1.165, 1.54) is 6.26 Å². The number of benzene rings is 3. The van der Waals surface area contributed by atoms with Crippen LogP contribution in [0.3, 0.4) is 0 Å². The molecule has 2 aliphatic carbocycles. The molecular formula is C30H29N7O2S. The van der Waals surface area contributed by atoms with Crippen LogP contribution < -0.4 is 21.1 Å². The topological polar surface area (TPSA) is 145 Å². The van der Waals surface area contributed by atoms with Crippen molar-refractivity contribution in [3.63, 3.8) is 0 Å². The number of hydrogen-bond acceptors (Lipinski definition) is 7. The fourth-order valence-electron chi connectivity index (χ4n) is 5.76. The first-order chi connectivity index (χ1) is 19.2. The molecule has 0 spiro atoms. The Morgan fingerprint density at radius 3 is 2.60 bits per heavy atom. The largest absolute Gasteiger partial charge is 0.379 e. The molecule has 2 saturated carbocycles. The second kappa shape index (κ2) is 9.93. The van der Waals surface area contributed by atoms with Crippen LogP contribution in [-0.2, 0) is 9.92 Å². The van der Waals surface area contributed by atoms with Crippen LogP contribution in [0.4, 0.5) is 22.7 Å². The number of aromatic nitrogens is 1. The lowest BCUT2D eigenvalue weighted by Crippen LogP contribution is -2.68. The predicted octanol–water partition coefficient (Wildman–Crippen LogP) is 5.41. The standard InChI is InChI=1S/C30H29N7O2S/c1-40(32,39)37-28-17-30(13-11-25(28)30)36-23-4-2-3-22(16-23)35-29(38)20-6-8-21(9-7-20)34-27-12-14-33-26-10-5-19(18-31)15-24(26)27/h2-10,12,14-16,25,28,36H,11,13,17H2,1H3,(H,33,34)(H,35,38)(H2,32,37,39). The van der Waals surface area contributed by atoms with Gasteiger partial charge in [-0.3, -0.25) is 9.78 Å². The number of nitrogens with one attached hydrogen (secondary N) is 3. The van der Waals surface area contributed by atoms with Crippen LogP contribution in [0.5, 0.6) is 0 Å². The van der Waals surface area contributed by atoms with Gasteiger partial charge in [0.1, 0.15) is 9.92 Å². The number of hydrogen-bond donors (Lipinski definition) is 4. The minimum Gasteiger partial charge on any atom is -0.379 e. The molecule has 6 rings (SSSR count). The van der Waals surface area contributed by atoms with Crippen LogP contribution >= 0.6 is 0 Å². The number of nitrogens with two attached hydrogens (primary N) is 1. The molecule has 10 heteroatoms. The zero-order chi connectivity index (χ0) is 27.9. The molecule has 4 atom stereocenters. The van der Waals surface area contributed by atoms with Gasteiger partial charge in [-0.2, -0.15) is 5.26 Å². The van der Waals surface area contributed by atoms with Crippen LogP contribution in [0.1, 0.15) is 35.2 Å². The fraction of sp³-hybridized carbons (Fsp3) is 0.233. The lowest BCUT2D eigenvalue weighted by molar-refractivity contribution is 0.0109. The van der Waals surface area contributed by atoms with Crippen molar-refractivity contribution in [1.82, 2.24) is 4.98 Å². The van der Waals surface area contributed by atoms with E-state index in [0.717, 1.165) is 47.2 Å². The average Bonchev–Trinajstić information content (AvgIpc) is 2.92. The van der Waals surface area contributed by atoms with E-state index in [1.807, 2.05) is 54.6 Å². The first-order valence-electron chi connectivity index (χ1n) is 13.1. The minimum atomic E-state index is -2.60. The molecule has 9 nitrogen and oxygen atoms in total. The van der Waals surface area contributed by atoms with Crippen molar-refractivity contribution in [3.8, 4) is 6.07 Å². The van der Waals surface area contributed by atoms with Crippen LogP contribution in [-0.4, -0.2) is 32.9 Å². The van der Waals surface area contributed by atoms with E-state index in [-0.39, 0.29) is 17.5 Å². The third kappa shape index (κ3) is 5.09. The van der Waals surface area contributed by atoms with Crippen molar-refractivity contribution < 1.29 is 9.00 Å². The smallest absolute Gasteiger partial charge is 0.255 e. The first kappa shape index (κ1) is 25.8. The normalized spacial score (nSPS) is 22.4. The van der Waals surface area contributed by atoms with Crippen molar-refractivity contribution in [3.05, 3.63) is 90.1 Å². The van der Waals surface area contributed by atoms with Crippen LogP contribution in [0.15, 0.2) is 83.4 Å². The Hall–Kier alpha value is -4.46. The van der Waals surface area contributed by atoms with Gasteiger partial charge in [0.15, 0.2) is 0 Å². The predicted molar refractivity (Wildman–Crippen MR) is 159 cm³/mol. The molecule has 40 heavy (non-hydrogen) atoms. The summed E-state index contributed by atoms with van der Waals surface area (Å²) in [6, 6.07) is 24.3. The summed E-state index contributed by atoms with van der Waals surface area (Å²) in [5, 5.41) is 25.7. The lowest BCUT2D eigenvalue weighted by atomic mass is 9.50. The Morgan fingerprint density at radius 1 is 1.10 bits per heavy atom. The summed E-state index contributed by atoms with van der Waals surface area (Å²) in [6.07, 6.45) is 6.07. The number of carbonyl (C=O) groups is 1. The molecule has 4 aromatic rings. The molecule has 0 saturated heterocycles. The summed E-state index contributed by atoms with van der Waals surface area (Å²) in [5.41, 5.74) is 5.10. The number of nitrogens with zero attached hydrogens (tertiary/aromatic N) is 3. The Kier molecular flexibility index (Phi) is 6.41. The van der Waals surface area contributed by atoms with Gasteiger partial charge in [-0.1, -0.05) is 6.07 Å². The summed E-state index contributed by atoms with van der Waals surface area (Å²) in [7, 11) is -2.60. The van der Waals surface area contributed by atoms with Crippen LogP contribution in [0.2, 0.25) is 0 Å². The number of fused-ring (bicyclic) bond motifs is 2. The molecule has 3 aromatic carbocycles. The molecule has 4 unspecified atom stereocenters. The number of anilines is 4.